The van der Waals surface area contributed by atoms with Crippen LogP contribution in [0.25, 0.3) is 0 Å². The van der Waals surface area contributed by atoms with Gasteiger partial charge in [0, 0.05) is 5.02 Å². The van der Waals surface area contributed by atoms with Crippen LogP contribution in [0.1, 0.15) is 0 Å². The van der Waals surface area contributed by atoms with Crippen LogP contribution >= 0.6 is 11.6 Å². The summed E-state index contributed by atoms with van der Waals surface area (Å²) in [6, 6.07) is 4.80. The van der Waals surface area contributed by atoms with E-state index < -0.39 is 20.2 Å². The van der Waals surface area contributed by atoms with Gasteiger partial charge in [-0.25, -0.2) is 8.42 Å². The lowest BCUT2D eigenvalue weighted by Gasteiger charge is -2.07. The molecule has 0 aliphatic rings. The molecule has 1 radical (unpaired) electrons. The number of alkyl halides is 3. The Morgan fingerprint density at radius 1 is 1.29 bits per heavy atom. The van der Waals surface area contributed by atoms with Crippen molar-refractivity contribution in [2.24, 2.45) is 0 Å². The maximum Gasteiger partial charge on any atom is 0.501 e. The summed E-state index contributed by atoms with van der Waals surface area (Å²) in [6.45, 7) is 0. The third-order valence-electron chi connectivity index (χ3n) is 1.34. The van der Waals surface area contributed by atoms with E-state index in [1.54, 1.807) is 0 Å². The molecule has 0 aliphatic heterocycles. The summed E-state index contributed by atoms with van der Waals surface area (Å²) in [6.07, 6.45) is 0. The van der Waals surface area contributed by atoms with Gasteiger partial charge in [-0.3, -0.25) is 0 Å². The number of hydrogen-bond acceptors (Lipinski definition) is 2. The molecule has 7 heteroatoms. The van der Waals surface area contributed by atoms with E-state index in [4.69, 9.17) is 11.6 Å². The molecule has 0 saturated carbocycles. The molecular weight excluding hydrogens is 241 g/mol. The SMILES string of the molecule is O=S(=O)(c1c[c]cc(Cl)c1)C(F)(F)F. The van der Waals surface area contributed by atoms with Crippen LogP contribution in [0.5, 0.6) is 0 Å². The topological polar surface area (TPSA) is 34.1 Å². The quantitative estimate of drug-likeness (QED) is 0.759. The molecule has 0 heterocycles. The molecule has 0 aliphatic carbocycles. The van der Waals surface area contributed by atoms with Gasteiger partial charge in [-0.05, 0) is 24.3 Å². The average molecular weight is 244 g/mol. The van der Waals surface area contributed by atoms with Gasteiger partial charge in [0.05, 0.1) is 4.90 Å². The summed E-state index contributed by atoms with van der Waals surface area (Å²) in [5.74, 6) is 0. The Balaban J connectivity index is 3.32. The van der Waals surface area contributed by atoms with E-state index in [2.05, 4.69) is 6.07 Å². The highest BCUT2D eigenvalue weighted by Crippen LogP contribution is 2.30. The molecule has 0 unspecified atom stereocenters. The van der Waals surface area contributed by atoms with Crippen molar-refractivity contribution in [2.45, 2.75) is 10.4 Å². The molecular formula is C7H3ClF3O2S. The van der Waals surface area contributed by atoms with E-state index in [1.807, 2.05) is 0 Å². The predicted molar refractivity (Wildman–Crippen MR) is 43.5 cm³/mol. The van der Waals surface area contributed by atoms with Crippen LogP contribution in [-0.2, 0) is 9.84 Å². The monoisotopic (exact) mass is 243 g/mol. The van der Waals surface area contributed by atoms with E-state index >= 15 is 0 Å². The third-order valence-corrected chi connectivity index (χ3v) is 3.03. The Kier molecular flexibility index (Phi) is 2.78. The van der Waals surface area contributed by atoms with Gasteiger partial charge < -0.3 is 0 Å². The highest BCUT2D eigenvalue weighted by molar-refractivity contribution is 7.92. The Morgan fingerprint density at radius 2 is 1.86 bits per heavy atom. The number of sulfone groups is 1. The molecule has 14 heavy (non-hydrogen) atoms. The zero-order valence-electron chi connectivity index (χ0n) is 6.47. The third kappa shape index (κ3) is 2.01. The van der Waals surface area contributed by atoms with Crippen molar-refractivity contribution in [3.05, 3.63) is 29.3 Å². The Hall–Kier alpha value is -0.750. The number of benzene rings is 1. The van der Waals surface area contributed by atoms with Crippen LogP contribution in [0.2, 0.25) is 5.02 Å². The van der Waals surface area contributed by atoms with Crippen LogP contribution in [-0.4, -0.2) is 13.9 Å². The molecule has 0 aromatic heterocycles. The van der Waals surface area contributed by atoms with Crippen molar-refractivity contribution in [2.75, 3.05) is 0 Å². The van der Waals surface area contributed by atoms with Crippen LogP contribution in [0.4, 0.5) is 13.2 Å². The second-order valence-corrected chi connectivity index (χ2v) is 4.71. The predicted octanol–water partition coefficient (Wildman–Crippen LogP) is 2.43. The van der Waals surface area contributed by atoms with Gasteiger partial charge in [0.1, 0.15) is 0 Å². The smallest absolute Gasteiger partial charge is 0.214 e. The highest BCUT2D eigenvalue weighted by Gasteiger charge is 2.46. The molecule has 0 fully saturated rings. The minimum atomic E-state index is -5.31. The Morgan fingerprint density at radius 3 is 2.29 bits per heavy atom. The zero-order chi connectivity index (χ0) is 11.0. The number of hydrogen-bond donors (Lipinski definition) is 0. The van der Waals surface area contributed by atoms with E-state index in [-0.39, 0.29) is 5.02 Å². The van der Waals surface area contributed by atoms with Gasteiger partial charge in [-0.2, -0.15) is 13.2 Å². The summed E-state index contributed by atoms with van der Waals surface area (Å²) in [7, 11) is -5.31. The fourth-order valence-electron chi connectivity index (χ4n) is 0.711. The van der Waals surface area contributed by atoms with Crippen molar-refractivity contribution in [3.8, 4) is 0 Å². The summed E-state index contributed by atoms with van der Waals surface area (Å²) in [4.78, 5) is -0.905. The van der Waals surface area contributed by atoms with Crippen LogP contribution in [0, 0.1) is 6.07 Å². The summed E-state index contributed by atoms with van der Waals surface area (Å²) in [5.41, 5.74) is -5.31. The molecule has 0 bridgehead atoms. The van der Waals surface area contributed by atoms with E-state index in [1.165, 1.54) is 0 Å². The van der Waals surface area contributed by atoms with Gasteiger partial charge in [0.15, 0.2) is 0 Å². The first-order valence-electron chi connectivity index (χ1n) is 3.23. The van der Waals surface area contributed by atoms with E-state index in [9.17, 15) is 21.6 Å². The van der Waals surface area contributed by atoms with Crippen molar-refractivity contribution in [3.63, 3.8) is 0 Å². The van der Waals surface area contributed by atoms with E-state index in [0.29, 0.717) is 6.07 Å². The lowest BCUT2D eigenvalue weighted by molar-refractivity contribution is -0.0436. The minimum absolute atomic E-state index is 0.115. The fraction of sp³-hybridized carbons (Fsp3) is 0.143. The largest absolute Gasteiger partial charge is 0.501 e. The second-order valence-electron chi connectivity index (χ2n) is 2.34. The maximum absolute atomic E-state index is 12.0. The maximum atomic E-state index is 12.0. The molecule has 1 aromatic carbocycles. The first-order valence-corrected chi connectivity index (χ1v) is 5.09. The lowest BCUT2D eigenvalue weighted by Crippen LogP contribution is -2.23. The standard InChI is InChI=1S/C7H3ClF3O2S/c8-5-2-1-3-6(4-5)14(12,13)7(9,10)11/h2-4H. The van der Waals surface area contributed by atoms with E-state index in [0.717, 1.165) is 12.1 Å². The minimum Gasteiger partial charge on any atom is -0.214 e. The van der Waals surface area contributed by atoms with Crippen molar-refractivity contribution in [1.82, 2.24) is 0 Å². The molecule has 1 rings (SSSR count). The zero-order valence-corrected chi connectivity index (χ0v) is 8.04. The van der Waals surface area contributed by atoms with Gasteiger partial charge in [-0.1, -0.05) is 11.6 Å². The Labute approximate surface area is 83.2 Å². The van der Waals surface area contributed by atoms with Gasteiger partial charge in [0.25, 0.3) is 9.84 Å². The number of halogens is 4. The van der Waals surface area contributed by atoms with Crippen molar-refractivity contribution >= 4 is 21.4 Å². The molecule has 2 nitrogen and oxygen atoms in total. The summed E-state index contributed by atoms with van der Waals surface area (Å²) >= 11 is 5.34. The normalized spacial score (nSPS) is 12.9. The van der Waals surface area contributed by atoms with Crippen LogP contribution in [0.15, 0.2) is 23.1 Å². The van der Waals surface area contributed by atoms with Crippen LogP contribution < -0.4 is 0 Å². The van der Waals surface area contributed by atoms with Crippen molar-refractivity contribution in [1.29, 1.82) is 0 Å². The first kappa shape index (κ1) is 11.3. The molecule has 0 amide bonds. The lowest BCUT2D eigenvalue weighted by atomic mass is 10.4. The molecule has 0 atom stereocenters. The van der Waals surface area contributed by atoms with Gasteiger partial charge in [0.2, 0.25) is 0 Å². The summed E-state index contributed by atoms with van der Waals surface area (Å²) < 4.78 is 57.6. The fourth-order valence-corrected chi connectivity index (χ4v) is 1.73. The number of rotatable bonds is 1. The van der Waals surface area contributed by atoms with Crippen LogP contribution in [0.3, 0.4) is 0 Å². The Bertz CT molecular complexity index is 438. The van der Waals surface area contributed by atoms with Crippen molar-refractivity contribution < 1.29 is 21.6 Å². The first-order chi connectivity index (χ1) is 6.25. The van der Waals surface area contributed by atoms with Gasteiger partial charge >= 0.3 is 5.51 Å². The molecule has 1 aromatic rings. The molecule has 77 valence electrons. The summed E-state index contributed by atoms with van der Waals surface area (Å²) in [5, 5.41) is -0.115. The molecule has 0 spiro atoms. The molecule has 0 N–H and O–H groups in total. The molecule has 0 saturated heterocycles. The van der Waals surface area contributed by atoms with Gasteiger partial charge in [-0.15, -0.1) is 0 Å². The second kappa shape index (κ2) is 3.43. The highest BCUT2D eigenvalue weighted by atomic mass is 35.5. The average Bonchev–Trinajstić information content (AvgIpc) is 2.02.